The molecule has 1 N–H and O–H groups in total. The van der Waals surface area contributed by atoms with Gasteiger partial charge >= 0.3 is 0 Å². The fraction of sp³-hybridized carbons (Fsp3) is 0.969. The smallest absolute Gasteiger partial charge is 0.162 e. The highest BCUT2D eigenvalue weighted by atomic mass is 32.2. The lowest BCUT2D eigenvalue weighted by Gasteiger charge is -2.63. The molecular weight excluding hydrogens is 480 g/mol. The van der Waals surface area contributed by atoms with Crippen molar-refractivity contribution in [1.82, 2.24) is 0 Å². The van der Waals surface area contributed by atoms with E-state index in [2.05, 4.69) is 27.7 Å². The molecule has 0 unspecified atom stereocenters. The van der Waals surface area contributed by atoms with E-state index in [0.29, 0.717) is 35.0 Å². The first-order valence-corrected chi connectivity index (χ1v) is 17.2. The summed E-state index contributed by atoms with van der Waals surface area (Å²) >= 11 is 0. The molecule has 0 saturated heterocycles. The van der Waals surface area contributed by atoms with Gasteiger partial charge in [0.05, 0.1) is 10.9 Å². The second kappa shape index (κ2) is 10.5. The Morgan fingerprint density at radius 1 is 0.973 bits per heavy atom. The van der Waals surface area contributed by atoms with Gasteiger partial charge in [0.1, 0.15) is 11.5 Å². The van der Waals surface area contributed by atoms with E-state index >= 15 is 0 Å². The number of fused-ring (bicyclic) bond motifs is 5. The summed E-state index contributed by atoms with van der Waals surface area (Å²) in [6.45, 7) is 15.0. The third-order valence-corrected chi connectivity index (χ3v) is 15.1. The minimum absolute atomic E-state index is 0.0882. The lowest BCUT2D eigenvalue weighted by molar-refractivity contribution is -0.152. The van der Waals surface area contributed by atoms with Crippen LogP contribution in [0.2, 0.25) is 0 Å². The molecule has 214 valence electrons. The summed E-state index contributed by atoms with van der Waals surface area (Å²) in [6, 6.07) is 0. The van der Waals surface area contributed by atoms with E-state index in [4.69, 9.17) is 0 Å². The van der Waals surface area contributed by atoms with Gasteiger partial charge < -0.3 is 5.11 Å². The van der Waals surface area contributed by atoms with Gasteiger partial charge in [0.25, 0.3) is 0 Å². The van der Waals surface area contributed by atoms with Gasteiger partial charge in [-0.05, 0) is 131 Å². The molecule has 4 aliphatic carbocycles. The molecule has 5 heteroatoms. The first-order valence-electron chi connectivity index (χ1n) is 15.6. The van der Waals surface area contributed by atoms with Crippen LogP contribution in [0.15, 0.2) is 0 Å². The molecule has 4 nitrogen and oxygen atoms in total. The van der Waals surface area contributed by atoms with Crippen LogP contribution in [0.4, 0.5) is 0 Å². The largest absolute Gasteiger partial charge is 0.393 e. The topological polar surface area (TPSA) is 71.4 Å². The maximum absolute atomic E-state index is 12.5. The minimum Gasteiger partial charge on any atom is -0.393 e. The number of rotatable bonds is 8. The zero-order valence-corrected chi connectivity index (χ0v) is 25.7. The van der Waals surface area contributed by atoms with E-state index in [9.17, 15) is 18.3 Å². The van der Waals surface area contributed by atoms with Gasteiger partial charge in [-0.25, -0.2) is 8.42 Å². The number of hydrogen-bond donors (Lipinski definition) is 1. The van der Waals surface area contributed by atoms with Gasteiger partial charge in [0, 0.05) is 6.42 Å². The summed E-state index contributed by atoms with van der Waals surface area (Å²) < 4.78 is 24.0. The van der Waals surface area contributed by atoms with Crippen LogP contribution in [-0.4, -0.2) is 35.9 Å². The molecule has 0 bridgehead atoms. The lowest BCUT2D eigenvalue weighted by Crippen LogP contribution is -2.56. The Hall–Kier alpha value is -0.420. The van der Waals surface area contributed by atoms with Crippen LogP contribution >= 0.6 is 0 Å². The number of ketones is 1. The standard InChI is InChI=1S/C32H56O4S/c1-8-22-18-25-27-13-12-26(21(2)10-9-11-24(34)20-37(35,36)30(3,4)5)31(27,6)17-15-28(25)32(7)16-14-23(33)19-29(22)32/h21-23,25-29,33H,8-20H2,1-7H3/t21-,22+,23-,25+,26-,27+,28+,29+,31-,32-/m1/s1. The molecule has 4 aliphatic rings. The van der Waals surface area contributed by atoms with E-state index in [0.717, 1.165) is 49.4 Å². The highest BCUT2D eigenvalue weighted by Gasteiger charge is 2.62. The second-order valence-electron chi connectivity index (χ2n) is 15.3. The predicted molar refractivity (Wildman–Crippen MR) is 152 cm³/mol. The zero-order chi connectivity index (χ0) is 27.4. The third-order valence-electron chi connectivity index (χ3n) is 12.5. The van der Waals surface area contributed by atoms with Crippen molar-refractivity contribution in [2.24, 2.45) is 52.3 Å². The maximum atomic E-state index is 12.5. The van der Waals surface area contributed by atoms with Crippen molar-refractivity contribution in [1.29, 1.82) is 0 Å². The molecule has 0 aromatic rings. The molecule has 4 fully saturated rings. The Bertz CT molecular complexity index is 935. The van der Waals surface area contributed by atoms with Crippen molar-refractivity contribution in [3.05, 3.63) is 0 Å². The van der Waals surface area contributed by atoms with Crippen LogP contribution in [0, 0.1) is 52.3 Å². The zero-order valence-electron chi connectivity index (χ0n) is 24.9. The summed E-state index contributed by atoms with van der Waals surface area (Å²) in [5, 5.41) is 10.5. The van der Waals surface area contributed by atoms with Crippen molar-refractivity contribution in [3.8, 4) is 0 Å². The van der Waals surface area contributed by atoms with Crippen molar-refractivity contribution < 1.29 is 18.3 Å². The summed E-state index contributed by atoms with van der Waals surface area (Å²) in [5.74, 6) is 4.79. The molecule has 0 aromatic heterocycles. The van der Waals surface area contributed by atoms with Gasteiger partial charge in [-0.3, -0.25) is 4.79 Å². The first kappa shape index (κ1) is 29.6. The molecule has 0 aliphatic heterocycles. The highest BCUT2D eigenvalue weighted by molar-refractivity contribution is 7.93. The van der Waals surface area contributed by atoms with Crippen LogP contribution in [0.3, 0.4) is 0 Å². The molecule has 0 heterocycles. The number of hydrogen-bond acceptors (Lipinski definition) is 4. The van der Waals surface area contributed by atoms with Gasteiger partial charge in [-0.1, -0.05) is 40.5 Å². The second-order valence-corrected chi connectivity index (χ2v) is 18.1. The number of sulfone groups is 1. The van der Waals surface area contributed by atoms with Gasteiger partial charge in [-0.2, -0.15) is 0 Å². The Morgan fingerprint density at radius 2 is 1.62 bits per heavy atom. The van der Waals surface area contributed by atoms with Gasteiger partial charge in [0.2, 0.25) is 0 Å². The Kier molecular flexibility index (Phi) is 8.41. The van der Waals surface area contributed by atoms with E-state index in [-0.39, 0.29) is 17.6 Å². The van der Waals surface area contributed by atoms with E-state index in [1.54, 1.807) is 20.8 Å². The normalized spacial score (nSPS) is 43.0. The predicted octanol–water partition coefficient (Wildman–Crippen LogP) is 7.23. The third kappa shape index (κ3) is 5.35. The molecule has 4 rings (SSSR count). The fourth-order valence-corrected chi connectivity index (χ4v) is 11.2. The van der Waals surface area contributed by atoms with E-state index in [1.807, 2.05) is 0 Å². The van der Waals surface area contributed by atoms with Crippen molar-refractivity contribution in [2.75, 3.05) is 5.75 Å². The minimum atomic E-state index is -3.39. The average molecular weight is 537 g/mol. The monoisotopic (exact) mass is 536 g/mol. The van der Waals surface area contributed by atoms with E-state index < -0.39 is 14.6 Å². The number of aliphatic hydroxyl groups excluding tert-OH is 1. The summed E-state index contributed by atoms with van der Waals surface area (Å²) in [7, 11) is -3.39. The first-order chi connectivity index (χ1) is 17.1. The van der Waals surface area contributed by atoms with E-state index in [1.165, 1.54) is 44.9 Å². The van der Waals surface area contributed by atoms with Crippen LogP contribution in [0.1, 0.15) is 126 Å². The van der Waals surface area contributed by atoms with Crippen LogP contribution in [0.5, 0.6) is 0 Å². The van der Waals surface area contributed by atoms with Crippen molar-refractivity contribution in [2.45, 2.75) is 136 Å². The Labute approximate surface area is 228 Å². The van der Waals surface area contributed by atoms with Crippen LogP contribution in [0.25, 0.3) is 0 Å². The summed E-state index contributed by atoms with van der Waals surface area (Å²) in [6.07, 6.45) is 13.3. The molecule has 0 radical (unpaired) electrons. The molecule has 0 amide bonds. The van der Waals surface area contributed by atoms with Crippen LogP contribution in [-0.2, 0) is 14.6 Å². The number of carbonyl (C=O) groups excluding carboxylic acids is 1. The molecule has 4 saturated carbocycles. The molecule has 10 atom stereocenters. The van der Waals surface area contributed by atoms with Gasteiger partial charge in [0.15, 0.2) is 9.84 Å². The quantitative estimate of drug-likeness (QED) is 0.355. The number of Topliss-reactive ketones (excluding diaryl/α,β-unsaturated/α-hetero) is 1. The Balaban J connectivity index is 1.39. The van der Waals surface area contributed by atoms with Gasteiger partial charge in [-0.15, -0.1) is 0 Å². The highest BCUT2D eigenvalue weighted by Crippen LogP contribution is 2.69. The van der Waals surface area contributed by atoms with Crippen molar-refractivity contribution >= 4 is 15.6 Å². The molecule has 0 spiro atoms. The van der Waals surface area contributed by atoms with Crippen molar-refractivity contribution in [3.63, 3.8) is 0 Å². The SMILES string of the molecule is CC[C@H]1C[C@@H]2[C@H](CC[C@]3(C)[C@@H]([C@H](C)CCCC(=O)CS(=O)(=O)C(C)(C)C)CC[C@@H]23)[C@@]2(C)CC[C@@H](O)C[C@@H]12. The fourth-order valence-electron chi connectivity index (χ4n) is 10.2. The number of carbonyl (C=O) groups is 1. The summed E-state index contributed by atoms with van der Waals surface area (Å²) in [4.78, 5) is 12.5. The lowest BCUT2D eigenvalue weighted by atomic mass is 9.42. The molecular formula is C32H56O4S. The number of aliphatic hydroxyl groups is 1. The summed E-state index contributed by atoms with van der Waals surface area (Å²) in [5.41, 5.74) is 0.803. The van der Waals surface area contributed by atoms with Crippen LogP contribution < -0.4 is 0 Å². The maximum Gasteiger partial charge on any atom is 0.162 e. The Morgan fingerprint density at radius 3 is 2.27 bits per heavy atom. The molecule has 0 aromatic carbocycles. The average Bonchev–Trinajstić information content (AvgIpc) is 3.15. The molecule has 37 heavy (non-hydrogen) atoms.